The first-order valence-electron chi connectivity index (χ1n) is 6.18. The molecule has 2 rings (SSSR count). The quantitative estimate of drug-likeness (QED) is 0.850. The minimum atomic E-state index is -1.19. The Bertz CT molecular complexity index is 507. The van der Waals surface area contributed by atoms with Gasteiger partial charge in [0.2, 0.25) is 0 Å². The molecule has 100 valence electrons. The van der Waals surface area contributed by atoms with Gasteiger partial charge < -0.3 is 15.2 Å². The number of ether oxygens (including phenoxy) is 1. The number of dihydropyridines is 1. The summed E-state index contributed by atoms with van der Waals surface area (Å²) in [6.07, 6.45) is 5.79. The molecular formula is C15H17NO3. The maximum absolute atomic E-state index is 11.3. The first kappa shape index (κ1) is 13.2. The Morgan fingerprint density at radius 3 is 2.79 bits per heavy atom. The standard InChI is InChI=1S/C15H17NO3/c1-15(14(17)18)13(8-5-10-16-15)19-11-9-12-6-3-2-4-7-12/h2-8,10,16H,9,11H2,1H3,(H,17,18). The van der Waals surface area contributed by atoms with Crippen LogP contribution < -0.4 is 5.32 Å². The highest BCUT2D eigenvalue weighted by Gasteiger charge is 2.39. The van der Waals surface area contributed by atoms with Crippen molar-refractivity contribution >= 4 is 5.97 Å². The maximum atomic E-state index is 11.3. The molecule has 0 spiro atoms. The lowest BCUT2D eigenvalue weighted by Gasteiger charge is -2.30. The van der Waals surface area contributed by atoms with Crippen molar-refractivity contribution in [2.24, 2.45) is 0 Å². The van der Waals surface area contributed by atoms with Crippen LogP contribution in [0.3, 0.4) is 0 Å². The largest absolute Gasteiger partial charge is 0.494 e. The monoisotopic (exact) mass is 259 g/mol. The fourth-order valence-electron chi connectivity index (χ4n) is 1.87. The van der Waals surface area contributed by atoms with Crippen molar-refractivity contribution in [3.63, 3.8) is 0 Å². The molecule has 1 aromatic carbocycles. The number of aliphatic carboxylic acids is 1. The summed E-state index contributed by atoms with van der Waals surface area (Å²) < 4.78 is 5.63. The third-order valence-corrected chi connectivity index (χ3v) is 3.13. The fraction of sp³-hybridized carbons (Fsp3) is 0.267. The van der Waals surface area contributed by atoms with Crippen LogP contribution in [0.25, 0.3) is 0 Å². The Morgan fingerprint density at radius 2 is 2.11 bits per heavy atom. The first-order chi connectivity index (χ1) is 9.13. The topological polar surface area (TPSA) is 58.6 Å². The molecule has 1 aromatic rings. The second-order valence-electron chi connectivity index (χ2n) is 4.55. The second-order valence-corrected chi connectivity index (χ2v) is 4.55. The van der Waals surface area contributed by atoms with Gasteiger partial charge in [-0.1, -0.05) is 30.3 Å². The summed E-state index contributed by atoms with van der Waals surface area (Å²) in [5.74, 6) is -0.527. The van der Waals surface area contributed by atoms with Gasteiger partial charge in [-0.2, -0.15) is 0 Å². The van der Waals surface area contributed by atoms with Crippen molar-refractivity contribution in [2.75, 3.05) is 6.61 Å². The zero-order valence-electron chi connectivity index (χ0n) is 10.8. The molecule has 1 aliphatic rings. The van der Waals surface area contributed by atoms with Crippen LogP contribution in [-0.4, -0.2) is 23.2 Å². The second kappa shape index (κ2) is 5.61. The molecule has 0 bridgehead atoms. The van der Waals surface area contributed by atoms with E-state index in [9.17, 15) is 9.90 Å². The number of hydrogen-bond donors (Lipinski definition) is 2. The number of hydrogen-bond acceptors (Lipinski definition) is 3. The van der Waals surface area contributed by atoms with Crippen LogP contribution >= 0.6 is 0 Å². The minimum Gasteiger partial charge on any atom is -0.494 e. The van der Waals surface area contributed by atoms with Crippen molar-refractivity contribution in [2.45, 2.75) is 18.9 Å². The van der Waals surface area contributed by atoms with E-state index in [-0.39, 0.29) is 0 Å². The summed E-state index contributed by atoms with van der Waals surface area (Å²) in [5.41, 5.74) is -0.0229. The van der Waals surface area contributed by atoms with E-state index < -0.39 is 11.5 Å². The lowest BCUT2D eigenvalue weighted by atomic mass is 9.97. The molecule has 1 atom stereocenters. The fourth-order valence-corrected chi connectivity index (χ4v) is 1.87. The van der Waals surface area contributed by atoms with Gasteiger partial charge in [0.1, 0.15) is 5.76 Å². The van der Waals surface area contributed by atoms with Crippen LogP contribution in [0, 0.1) is 0 Å². The summed E-state index contributed by atoms with van der Waals surface area (Å²) in [6.45, 7) is 2.04. The number of benzene rings is 1. The maximum Gasteiger partial charge on any atom is 0.337 e. The van der Waals surface area contributed by atoms with E-state index in [4.69, 9.17) is 4.74 Å². The van der Waals surface area contributed by atoms with Crippen LogP contribution in [0.1, 0.15) is 12.5 Å². The summed E-state index contributed by atoms with van der Waals surface area (Å²) in [5, 5.41) is 12.1. The van der Waals surface area contributed by atoms with Gasteiger partial charge in [-0.15, -0.1) is 0 Å². The number of carboxylic acids is 1. The van der Waals surface area contributed by atoms with E-state index in [0.29, 0.717) is 12.4 Å². The van der Waals surface area contributed by atoms with Gasteiger partial charge in [0.05, 0.1) is 6.61 Å². The van der Waals surface area contributed by atoms with Crippen molar-refractivity contribution < 1.29 is 14.6 Å². The number of rotatable bonds is 5. The molecule has 0 saturated heterocycles. The van der Waals surface area contributed by atoms with Gasteiger partial charge in [-0.25, -0.2) is 4.79 Å². The molecule has 0 radical (unpaired) electrons. The molecule has 0 fully saturated rings. The Hall–Kier alpha value is -2.23. The Morgan fingerprint density at radius 1 is 1.37 bits per heavy atom. The van der Waals surface area contributed by atoms with E-state index in [1.807, 2.05) is 30.3 Å². The average Bonchev–Trinajstić information content (AvgIpc) is 2.42. The SMILES string of the molecule is CC1(C(=O)O)NC=CC=C1OCCc1ccccc1. The number of carbonyl (C=O) groups is 1. The van der Waals surface area contributed by atoms with Crippen LogP contribution in [0.15, 0.2) is 54.4 Å². The summed E-state index contributed by atoms with van der Waals surface area (Å²) in [4.78, 5) is 11.3. The molecule has 1 unspecified atom stereocenters. The van der Waals surface area contributed by atoms with Gasteiger partial charge in [0.25, 0.3) is 0 Å². The number of nitrogens with one attached hydrogen (secondary N) is 1. The Balaban J connectivity index is 1.96. The molecule has 19 heavy (non-hydrogen) atoms. The van der Waals surface area contributed by atoms with Crippen LogP contribution in [0.4, 0.5) is 0 Å². The lowest BCUT2D eigenvalue weighted by molar-refractivity contribution is -0.143. The summed E-state index contributed by atoms with van der Waals surface area (Å²) in [6, 6.07) is 9.95. The molecule has 4 nitrogen and oxygen atoms in total. The van der Waals surface area contributed by atoms with Gasteiger partial charge in [0.15, 0.2) is 5.54 Å². The molecular weight excluding hydrogens is 242 g/mol. The molecule has 0 aromatic heterocycles. The molecule has 1 aliphatic heterocycles. The normalized spacial score (nSPS) is 21.4. The average molecular weight is 259 g/mol. The third-order valence-electron chi connectivity index (χ3n) is 3.13. The number of allylic oxidation sites excluding steroid dienone is 2. The van der Waals surface area contributed by atoms with E-state index in [1.165, 1.54) is 5.56 Å². The van der Waals surface area contributed by atoms with Gasteiger partial charge in [-0.05, 0) is 30.8 Å². The van der Waals surface area contributed by atoms with E-state index in [1.54, 1.807) is 25.3 Å². The van der Waals surface area contributed by atoms with Crippen molar-refractivity contribution in [3.8, 4) is 0 Å². The lowest BCUT2D eigenvalue weighted by Crippen LogP contribution is -2.50. The molecule has 4 heteroatoms. The van der Waals surface area contributed by atoms with E-state index in [0.717, 1.165) is 6.42 Å². The third kappa shape index (κ3) is 2.96. The van der Waals surface area contributed by atoms with Crippen molar-refractivity contribution in [1.29, 1.82) is 0 Å². The molecule has 1 heterocycles. The van der Waals surface area contributed by atoms with Gasteiger partial charge in [0, 0.05) is 6.42 Å². The smallest absolute Gasteiger partial charge is 0.337 e. The molecule has 2 N–H and O–H groups in total. The van der Waals surface area contributed by atoms with Crippen LogP contribution in [0.5, 0.6) is 0 Å². The molecule has 0 amide bonds. The Kier molecular flexibility index (Phi) is 3.90. The predicted molar refractivity (Wildman–Crippen MR) is 72.5 cm³/mol. The highest BCUT2D eigenvalue weighted by molar-refractivity contribution is 5.82. The first-order valence-corrected chi connectivity index (χ1v) is 6.18. The minimum absolute atomic E-state index is 0.429. The summed E-state index contributed by atoms with van der Waals surface area (Å²) in [7, 11) is 0. The Labute approximate surface area is 112 Å². The highest BCUT2D eigenvalue weighted by Crippen LogP contribution is 2.21. The van der Waals surface area contributed by atoms with Crippen LogP contribution in [0.2, 0.25) is 0 Å². The van der Waals surface area contributed by atoms with E-state index in [2.05, 4.69) is 5.32 Å². The van der Waals surface area contributed by atoms with Gasteiger partial charge >= 0.3 is 5.97 Å². The predicted octanol–water partition coefficient (Wildman–Crippen LogP) is 2.09. The zero-order valence-corrected chi connectivity index (χ0v) is 10.8. The molecule has 0 aliphatic carbocycles. The van der Waals surface area contributed by atoms with Crippen LogP contribution in [-0.2, 0) is 16.0 Å². The molecule has 0 saturated carbocycles. The van der Waals surface area contributed by atoms with Crippen molar-refractivity contribution in [3.05, 3.63) is 60.0 Å². The zero-order chi connectivity index (χ0) is 13.7. The highest BCUT2D eigenvalue weighted by atomic mass is 16.5. The van der Waals surface area contributed by atoms with Crippen molar-refractivity contribution in [1.82, 2.24) is 5.32 Å². The van der Waals surface area contributed by atoms with E-state index >= 15 is 0 Å². The number of carboxylic acid groups (broad SMARTS) is 1. The summed E-state index contributed by atoms with van der Waals surface area (Å²) >= 11 is 0. The van der Waals surface area contributed by atoms with Gasteiger partial charge in [-0.3, -0.25) is 0 Å².